The van der Waals surface area contributed by atoms with Gasteiger partial charge in [0.25, 0.3) is 0 Å². The lowest BCUT2D eigenvalue weighted by Crippen LogP contribution is -2.38. The zero-order chi connectivity index (χ0) is 10.7. The molecule has 3 nitrogen and oxygen atoms in total. The molecule has 1 aliphatic heterocycles. The Morgan fingerprint density at radius 3 is 3.00 bits per heavy atom. The average molecular weight is 206 g/mol. The number of rotatable bonds is 3. The Labute approximate surface area is 90.5 Å². The van der Waals surface area contributed by atoms with Crippen LogP contribution >= 0.6 is 0 Å². The van der Waals surface area contributed by atoms with Gasteiger partial charge >= 0.3 is 0 Å². The molecular weight excluding hydrogens is 188 g/mol. The predicted molar refractivity (Wildman–Crippen MR) is 60.7 cm³/mol. The van der Waals surface area contributed by atoms with Gasteiger partial charge in [-0.3, -0.25) is 0 Å². The molecule has 0 aromatic heterocycles. The number of aliphatic hydroxyl groups excluding tert-OH is 1. The van der Waals surface area contributed by atoms with Crippen LogP contribution in [-0.4, -0.2) is 30.3 Å². The summed E-state index contributed by atoms with van der Waals surface area (Å²) < 4.78 is 0. The Morgan fingerprint density at radius 2 is 2.33 bits per heavy atom. The summed E-state index contributed by atoms with van der Waals surface area (Å²) in [6.07, 6.45) is -0.255. The van der Waals surface area contributed by atoms with Gasteiger partial charge in [-0.25, -0.2) is 0 Å². The maximum atomic E-state index is 9.60. The lowest BCUT2D eigenvalue weighted by atomic mass is 10.1. The summed E-state index contributed by atoms with van der Waals surface area (Å²) in [6, 6.07) is 8.62. The highest BCUT2D eigenvalue weighted by molar-refractivity contribution is 5.22. The molecular formula is C12H18N2O. The van der Waals surface area contributed by atoms with E-state index in [1.807, 2.05) is 0 Å². The second kappa shape index (κ2) is 4.75. The zero-order valence-corrected chi connectivity index (χ0v) is 9.03. The molecule has 0 aliphatic carbocycles. The van der Waals surface area contributed by atoms with E-state index in [1.54, 1.807) is 0 Å². The quantitative estimate of drug-likeness (QED) is 0.671. The molecule has 3 heteroatoms. The topological polar surface area (TPSA) is 44.3 Å². The molecule has 1 aliphatic rings. The van der Waals surface area contributed by atoms with Crippen molar-refractivity contribution in [2.45, 2.75) is 25.6 Å². The summed E-state index contributed by atoms with van der Waals surface area (Å²) in [6.45, 7) is 4.47. The normalized spacial score (nSPS) is 25.7. The standard InChI is InChI=1S/C12H18N2O/c1-9-3-2-4-10(5-9)6-14-11-7-13-8-12(11)15/h2-5,11-15H,6-8H2,1H3/t11-,12-/m1/s1. The molecule has 1 heterocycles. The van der Waals surface area contributed by atoms with Crippen molar-refractivity contribution in [1.82, 2.24) is 10.6 Å². The number of aryl methyl sites for hydroxylation is 1. The second-order valence-electron chi connectivity index (χ2n) is 4.20. The van der Waals surface area contributed by atoms with Gasteiger partial charge in [0.1, 0.15) is 0 Å². The number of nitrogens with one attached hydrogen (secondary N) is 2. The fourth-order valence-corrected chi connectivity index (χ4v) is 1.94. The molecule has 2 rings (SSSR count). The lowest BCUT2D eigenvalue weighted by Gasteiger charge is -2.15. The summed E-state index contributed by atoms with van der Waals surface area (Å²) in [5.74, 6) is 0. The minimum Gasteiger partial charge on any atom is -0.390 e. The summed E-state index contributed by atoms with van der Waals surface area (Å²) >= 11 is 0. The molecule has 2 atom stereocenters. The molecule has 82 valence electrons. The van der Waals surface area contributed by atoms with Crippen LogP contribution in [0, 0.1) is 6.92 Å². The molecule has 0 radical (unpaired) electrons. The third-order valence-corrected chi connectivity index (χ3v) is 2.83. The molecule has 1 saturated heterocycles. The molecule has 1 fully saturated rings. The van der Waals surface area contributed by atoms with Crippen LogP contribution in [0.15, 0.2) is 24.3 Å². The first-order chi connectivity index (χ1) is 7.25. The van der Waals surface area contributed by atoms with E-state index in [-0.39, 0.29) is 12.1 Å². The number of hydrogen-bond donors (Lipinski definition) is 3. The minimum absolute atomic E-state index is 0.186. The Balaban J connectivity index is 1.87. The maximum Gasteiger partial charge on any atom is 0.0829 e. The summed E-state index contributed by atoms with van der Waals surface area (Å²) in [5.41, 5.74) is 2.55. The van der Waals surface area contributed by atoms with Crippen molar-refractivity contribution in [3.8, 4) is 0 Å². The highest BCUT2D eigenvalue weighted by atomic mass is 16.3. The lowest BCUT2D eigenvalue weighted by molar-refractivity contribution is 0.162. The minimum atomic E-state index is -0.255. The van der Waals surface area contributed by atoms with E-state index in [0.29, 0.717) is 6.54 Å². The molecule has 0 unspecified atom stereocenters. The van der Waals surface area contributed by atoms with Gasteiger partial charge in [-0.05, 0) is 12.5 Å². The van der Waals surface area contributed by atoms with E-state index >= 15 is 0 Å². The monoisotopic (exact) mass is 206 g/mol. The molecule has 0 saturated carbocycles. The Kier molecular flexibility index (Phi) is 3.36. The highest BCUT2D eigenvalue weighted by Gasteiger charge is 2.23. The van der Waals surface area contributed by atoms with Crippen LogP contribution in [0.1, 0.15) is 11.1 Å². The van der Waals surface area contributed by atoms with E-state index < -0.39 is 0 Å². The Bertz CT molecular complexity index is 327. The van der Waals surface area contributed by atoms with Crippen molar-refractivity contribution in [1.29, 1.82) is 0 Å². The molecule has 3 N–H and O–H groups in total. The van der Waals surface area contributed by atoms with Gasteiger partial charge in [0.15, 0.2) is 0 Å². The van der Waals surface area contributed by atoms with Gasteiger partial charge in [0, 0.05) is 25.7 Å². The van der Waals surface area contributed by atoms with Gasteiger partial charge in [0.2, 0.25) is 0 Å². The Hall–Kier alpha value is -0.900. The van der Waals surface area contributed by atoms with Crippen LogP contribution in [0.3, 0.4) is 0 Å². The van der Waals surface area contributed by atoms with Crippen LogP contribution in [0.4, 0.5) is 0 Å². The van der Waals surface area contributed by atoms with Crippen molar-refractivity contribution in [3.63, 3.8) is 0 Å². The van der Waals surface area contributed by atoms with Gasteiger partial charge in [-0.2, -0.15) is 0 Å². The zero-order valence-electron chi connectivity index (χ0n) is 9.03. The third kappa shape index (κ3) is 2.78. The average Bonchev–Trinajstić information content (AvgIpc) is 2.61. The van der Waals surface area contributed by atoms with E-state index in [4.69, 9.17) is 0 Å². The van der Waals surface area contributed by atoms with Gasteiger partial charge in [0.05, 0.1) is 6.10 Å². The Morgan fingerprint density at radius 1 is 1.47 bits per heavy atom. The van der Waals surface area contributed by atoms with Gasteiger partial charge in [-0.1, -0.05) is 29.8 Å². The SMILES string of the molecule is Cc1cccc(CN[C@@H]2CNC[C@H]2O)c1. The van der Waals surface area contributed by atoms with E-state index in [9.17, 15) is 5.11 Å². The first-order valence-corrected chi connectivity index (χ1v) is 5.43. The second-order valence-corrected chi connectivity index (χ2v) is 4.20. The van der Waals surface area contributed by atoms with Gasteiger partial charge in [-0.15, -0.1) is 0 Å². The molecule has 0 bridgehead atoms. The van der Waals surface area contributed by atoms with Crippen molar-refractivity contribution in [3.05, 3.63) is 35.4 Å². The van der Waals surface area contributed by atoms with Crippen molar-refractivity contribution in [2.75, 3.05) is 13.1 Å². The summed E-state index contributed by atoms with van der Waals surface area (Å²) in [4.78, 5) is 0. The first-order valence-electron chi connectivity index (χ1n) is 5.43. The van der Waals surface area contributed by atoms with Crippen molar-refractivity contribution >= 4 is 0 Å². The molecule has 15 heavy (non-hydrogen) atoms. The largest absolute Gasteiger partial charge is 0.390 e. The van der Waals surface area contributed by atoms with E-state index in [0.717, 1.165) is 13.1 Å². The van der Waals surface area contributed by atoms with Gasteiger partial charge < -0.3 is 15.7 Å². The van der Waals surface area contributed by atoms with Crippen LogP contribution in [0.2, 0.25) is 0 Å². The van der Waals surface area contributed by atoms with Crippen molar-refractivity contribution in [2.24, 2.45) is 0 Å². The number of hydrogen-bond acceptors (Lipinski definition) is 3. The molecule has 0 spiro atoms. The van der Waals surface area contributed by atoms with Crippen LogP contribution in [-0.2, 0) is 6.54 Å². The molecule has 1 aromatic carbocycles. The fourth-order valence-electron chi connectivity index (χ4n) is 1.94. The van der Waals surface area contributed by atoms with E-state index in [2.05, 4.69) is 41.8 Å². The molecule has 1 aromatic rings. The smallest absolute Gasteiger partial charge is 0.0829 e. The summed E-state index contributed by atoms with van der Waals surface area (Å²) in [5, 5.41) is 16.1. The van der Waals surface area contributed by atoms with Crippen LogP contribution in [0.25, 0.3) is 0 Å². The number of β-amino-alcohol motifs (C(OH)–C–C–N with tert-alkyl or cyclic N) is 1. The maximum absolute atomic E-state index is 9.60. The predicted octanol–water partition coefficient (Wildman–Crippen LogP) is 0.417. The third-order valence-electron chi connectivity index (χ3n) is 2.83. The highest BCUT2D eigenvalue weighted by Crippen LogP contribution is 2.05. The van der Waals surface area contributed by atoms with E-state index in [1.165, 1.54) is 11.1 Å². The molecule has 0 amide bonds. The first kappa shape index (κ1) is 10.6. The number of aliphatic hydroxyl groups is 1. The van der Waals surface area contributed by atoms with Crippen LogP contribution < -0.4 is 10.6 Å². The number of benzene rings is 1. The summed E-state index contributed by atoms with van der Waals surface area (Å²) in [7, 11) is 0. The fraction of sp³-hybridized carbons (Fsp3) is 0.500. The van der Waals surface area contributed by atoms with Crippen molar-refractivity contribution < 1.29 is 5.11 Å². The van der Waals surface area contributed by atoms with Crippen LogP contribution in [0.5, 0.6) is 0 Å².